The van der Waals surface area contributed by atoms with Crippen LogP contribution >= 0.6 is 0 Å². The Morgan fingerprint density at radius 1 is 1.57 bits per heavy atom. The number of rotatable bonds is 3. The molecule has 2 heterocycles. The second-order valence-corrected chi connectivity index (χ2v) is 3.20. The van der Waals surface area contributed by atoms with Crippen LogP contribution in [0.4, 0.5) is 5.69 Å². The van der Waals surface area contributed by atoms with Gasteiger partial charge in [0.2, 0.25) is 0 Å². The van der Waals surface area contributed by atoms with E-state index >= 15 is 0 Å². The van der Waals surface area contributed by atoms with Gasteiger partial charge >= 0.3 is 0 Å². The normalized spacial score (nSPS) is 10.9. The number of pyridine rings is 1. The molecule has 2 rings (SSSR count). The minimum Gasteiger partial charge on any atom is -0.399 e. The van der Waals surface area contributed by atoms with Crippen LogP contribution in [0.5, 0.6) is 0 Å². The van der Waals surface area contributed by atoms with Gasteiger partial charge in [-0.15, -0.1) is 0 Å². The van der Waals surface area contributed by atoms with Crippen molar-refractivity contribution in [3.63, 3.8) is 0 Å². The second-order valence-electron chi connectivity index (χ2n) is 3.20. The predicted molar refractivity (Wildman–Crippen MR) is 55.2 cm³/mol. The van der Waals surface area contributed by atoms with Crippen LogP contribution in [0.3, 0.4) is 0 Å². The molecule has 14 heavy (non-hydrogen) atoms. The number of aromatic nitrogens is 2. The van der Waals surface area contributed by atoms with Crippen molar-refractivity contribution < 1.29 is 4.74 Å². The summed E-state index contributed by atoms with van der Waals surface area (Å²) in [5, 5.41) is 0. The Balaban J connectivity index is 2.32. The Kier molecular flexibility index (Phi) is 2.37. The molecular formula is C10H13N3O. The molecule has 4 nitrogen and oxygen atoms in total. The lowest BCUT2D eigenvalue weighted by molar-refractivity contribution is 0.201. The summed E-state index contributed by atoms with van der Waals surface area (Å²) >= 11 is 0. The molecule has 0 saturated carbocycles. The van der Waals surface area contributed by atoms with Gasteiger partial charge in [0.1, 0.15) is 5.65 Å². The van der Waals surface area contributed by atoms with Crippen LogP contribution in [0.25, 0.3) is 5.65 Å². The minimum atomic E-state index is 0.694. The summed E-state index contributed by atoms with van der Waals surface area (Å²) < 4.78 is 6.95. The van der Waals surface area contributed by atoms with E-state index in [2.05, 4.69) is 4.98 Å². The van der Waals surface area contributed by atoms with Gasteiger partial charge < -0.3 is 14.9 Å². The number of anilines is 1. The number of imidazole rings is 1. The number of hydrogen-bond donors (Lipinski definition) is 1. The minimum absolute atomic E-state index is 0.694. The lowest BCUT2D eigenvalue weighted by atomic mass is 10.3. The van der Waals surface area contributed by atoms with Crippen LogP contribution < -0.4 is 5.73 Å². The van der Waals surface area contributed by atoms with Gasteiger partial charge in [0.15, 0.2) is 0 Å². The zero-order chi connectivity index (χ0) is 9.97. The monoisotopic (exact) mass is 191 g/mol. The van der Waals surface area contributed by atoms with Crippen molar-refractivity contribution >= 4 is 11.3 Å². The topological polar surface area (TPSA) is 52.5 Å². The van der Waals surface area contributed by atoms with E-state index in [1.807, 2.05) is 28.9 Å². The first kappa shape index (κ1) is 9.02. The predicted octanol–water partition coefficient (Wildman–Crippen LogP) is 1.11. The van der Waals surface area contributed by atoms with Gasteiger partial charge in [-0.25, -0.2) is 4.98 Å². The van der Waals surface area contributed by atoms with Crippen molar-refractivity contribution in [1.82, 2.24) is 9.38 Å². The van der Waals surface area contributed by atoms with E-state index in [9.17, 15) is 0 Å². The number of nitrogens with zero attached hydrogens (tertiary/aromatic N) is 2. The van der Waals surface area contributed by atoms with Gasteiger partial charge in [-0.1, -0.05) is 0 Å². The summed E-state index contributed by atoms with van der Waals surface area (Å²) in [6, 6.07) is 3.71. The Morgan fingerprint density at radius 2 is 2.43 bits per heavy atom. The Morgan fingerprint density at radius 3 is 3.21 bits per heavy atom. The third-order valence-corrected chi connectivity index (χ3v) is 2.10. The Labute approximate surface area is 82.3 Å². The Hall–Kier alpha value is -1.55. The number of nitrogens with two attached hydrogens (primary N) is 1. The third-order valence-electron chi connectivity index (χ3n) is 2.10. The van der Waals surface area contributed by atoms with E-state index in [0.29, 0.717) is 6.61 Å². The van der Waals surface area contributed by atoms with Crippen LogP contribution in [0, 0.1) is 0 Å². The number of fused-ring (bicyclic) bond motifs is 1. The summed E-state index contributed by atoms with van der Waals surface area (Å²) in [7, 11) is 1.69. The average molecular weight is 191 g/mol. The summed E-state index contributed by atoms with van der Waals surface area (Å²) in [5.41, 5.74) is 8.30. The fourth-order valence-corrected chi connectivity index (χ4v) is 1.38. The molecule has 0 aromatic carbocycles. The molecule has 0 aliphatic heterocycles. The molecule has 2 N–H and O–H groups in total. The number of hydrogen-bond acceptors (Lipinski definition) is 3. The van der Waals surface area contributed by atoms with Gasteiger partial charge in [-0.3, -0.25) is 0 Å². The maximum absolute atomic E-state index is 5.66. The average Bonchev–Trinajstić information content (AvgIpc) is 2.56. The van der Waals surface area contributed by atoms with Gasteiger partial charge in [0.25, 0.3) is 0 Å². The molecule has 0 fully saturated rings. The van der Waals surface area contributed by atoms with Crippen molar-refractivity contribution in [2.24, 2.45) is 0 Å². The molecule has 0 bridgehead atoms. The van der Waals surface area contributed by atoms with Crippen molar-refractivity contribution in [3.8, 4) is 0 Å². The summed E-state index contributed by atoms with van der Waals surface area (Å²) in [4.78, 5) is 4.41. The van der Waals surface area contributed by atoms with Crippen molar-refractivity contribution in [2.45, 2.75) is 6.42 Å². The zero-order valence-electron chi connectivity index (χ0n) is 8.10. The van der Waals surface area contributed by atoms with Crippen molar-refractivity contribution in [1.29, 1.82) is 0 Å². The lowest BCUT2D eigenvalue weighted by Crippen LogP contribution is -1.93. The highest BCUT2D eigenvalue weighted by Gasteiger charge is 2.00. The van der Waals surface area contributed by atoms with E-state index in [1.54, 1.807) is 7.11 Å². The maximum Gasteiger partial charge on any atom is 0.139 e. The first-order chi connectivity index (χ1) is 6.79. The standard InChI is InChI=1S/C10H13N3O/c1-14-5-3-9-7-13-4-2-8(11)6-10(13)12-9/h2,4,6-7H,3,5,11H2,1H3. The molecule has 2 aromatic heterocycles. The number of nitrogen functional groups attached to an aromatic ring is 1. The van der Waals surface area contributed by atoms with E-state index in [1.165, 1.54) is 0 Å². The number of ether oxygens (including phenoxy) is 1. The van der Waals surface area contributed by atoms with E-state index in [-0.39, 0.29) is 0 Å². The fraction of sp³-hybridized carbons (Fsp3) is 0.300. The van der Waals surface area contributed by atoms with Crippen LogP contribution in [-0.2, 0) is 11.2 Å². The molecule has 0 atom stereocenters. The van der Waals surface area contributed by atoms with Crippen LogP contribution in [-0.4, -0.2) is 23.1 Å². The molecule has 0 saturated heterocycles. The quantitative estimate of drug-likeness (QED) is 0.790. The lowest BCUT2D eigenvalue weighted by Gasteiger charge is -1.92. The molecular weight excluding hydrogens is 178 g/mol. The summed E-state index contributed by atoms with van der Waals surface area (Å²) in [5.74, 6) is 0. The van der Waals surface area contributed by atoms with E-state index in [0.717, 1.165) is 23.4 Å². The molecule has 0 unspecified atom stereocenters. The molecule has 0 spiro atoms. The van der Waals surface area contributed by atoms with Crippen molar-refractivity contribution in [3.05, 3.63) is 30.2 Å². The maximum atomic E-state index is 5.66. The molecule has 74 valence electrons. The van der Waals surface area contributed by atoms with E-state index in [4.69, 9.17) is 10.5 Å². The molecule has 4 heteroatoms. The van der Waals surface area contributed by atoms with Gasteiger partial charge in [0, 0.05) is 37.7 Å². The van der Waals surface area contributed by atoms with Crippen LogP contribution in [0.15, 0.2) is 24.5 Å². The van der Waals surface area contributed by atoms with E-state index < -0.39 is 0 Å². The molecule has 2 aromatic rings. The highest BCUT2D eigenvalue weighted by Crippen LogP contribution is 2.09. The fourth-order valence-electron chi connectivity index (χ4n) is 1.38. The van der Waals surface area contributed by atoms with Gasteiger partial charge in [-0.2, -0.15) is 0 Å². The van der Waals surface area contributed by atoms with Gasteiger partial charge in [-0.05, 0) is 6.07 Å². The smallest absolute Gasteiger partial charge is 0.139 e. The first-order valence-corrected chi connectivity index (χ1v) is 4.51. The van der Waals surface area contributed by atoms with Crippen LogP contribution in [0.2, 0.25) is 0 Å². The summed E-state index contributed by atoms with van der Waals surface area (Å²) in [6.07, 6.45) is 4.74. The Bertz CT molecular complexity index is 436. The number of methoxy groups -OCH3 is 1. The molecule has 0 radical (unpaired) electrons. The molecule has 0 amide bonds. The second kappa shape index (κ2) is 3.67. The molecule has 0 aliphatic rings. The highest BCUT2D eigenvalue weighted by atomic mass is 16.5. The molecule has 0 aliphatic carbocycles. The zero-order valence-corrected chi connectivity index (χ0v) is 8.10. The first-order valence-electron chi connectivity index (χ1n) is 4.51. The van der Waals surface area contributed by atoms with Crippen LogP contribution in [0.1, 0.15) is 5.69 Å². The summed E-state index contributed by atoms with van der Waals surface area (Å²) in [6.45, 7) is 0.694. The van der Waals surface area contributed by atoms with Gasteiger partial charge in [0.05, 0.1) is 12.3 Å². The van der Waals surface area contributed by atoms with Crippen molar-refractivity contribution in [2.75, 3.05) is 19.5 Å². The highest BCUT2D eigenvalue weighted by molar-refractivity contribution is 5.52. The third kappa shape index (κ3) is 1.70. The largest absolute Gasteiger partial charge is 0.399 e. The SMILES string of the molecule is COCCc1cn2ccc(N)cc2n1.